The fourth-order valence-electron chi connectivity index (χ4n) is 2.80. The molecule has 1 N–H and O–H groups in total. The lowest BCUT2D eigenvalue weighted by atomic mass is 9.64. The average Bonchev–Trinajstić information content (AvgIpc) is 2.23. The molecule has 0 aliphatic heterocycles. The van der Waals surface area contributed by atoms with Gasteiger partial charge in [0.05, 0.1) is 18.8 Å². The molecule has 0 heterocycles. The summed E-state index contributed by atoms with van der Waals surface area (Å²) in [5, 5.41) is 9.73. The van der Waals surface area contributed by atoms with Crippen molar-refractivity contribution >= 4 is 0 Å². The smallest absolute Gasteiger partial charge is 0.0900 e. The van der Waals surface area contributed by atoms with Gasteiger partial charge in [-0.05, 0) is 20.4 Å². The van der Waals surface area contributed by atoms with Gasteiger partial charge >= 0.3 is 0 Å². The van der Waals surface area contributed by atoms with Crippen LogP contribution >= 0.6 is 0 Å². The van der Waals surface area contributed by atoms with Crippen LogP contribution in [0.25, 0.3) is 0 Å². The fourth-order valence-corrected chi connectivity index (χ4v) is 2.80. The second-order valence-corrected chi connectivity index (χ2v) is 5.57. The first kappa shape index (κ1) is 14.9. The predicted molar refractivity (Wildman–Crippen MR) is 68.1 cm³/mol. The molecular formula is C13H27NO3. The van der Waals surface area contributed by atoms with E-state index in [0.29, 0.717) is 25.3 Å². The molecule has 0 unspecified atom stereocenters. The summed E-state index contributed by atoms with van der Waals surface area (Å²) in [7, 11) is 3.68. The largest absolute Gasteiger partial charge is 0.389 e. The Morgan fingerprint density at radius 1 is 1.47 bits per heavy atom. The molecule has 0 aromatic carbocycles. The molecule has 1 aliphatic rings. The zero-order valence-electron chi connectivity index (χ0n) is 11.8. The summed E-state index contributed by atoms with van der Waals surface area (Å²) in [5.41, 5.74) is 0.164. The number of nitrogens with zero attached hydrogens (tertiary/aromatic N) is 1. The quantitative estimate of drug-likeness (QED) is 0.730. The van der Waals surface area contributed by atoms with Crippen LogP contribution in [0.3, 0.4) is 0 Å². The summed E-state index contributed by atoms with van der Waals surface area (Å²) in [6.07, 6.45) is 0.989. The van der Waals surface area contributed by atoms with E-state index in [1.807, 2.05) is 6.92 Å². The van der Waals surface area contributed by atoms with Crippen LogP contribution < -0.4 is 0 Å². The topological polar surface area (TPSA) is 41.9 Å². The van der Waals surface area contributed by atoms with Crippen molar-refractivity contribution in [3.8, 4) is 0 Å². The van der Waals surface area contributed by atoms with E-state index in [1.165, 1.54) is 0 Å². The molecule has 0 amide bonds. The van der Waals surface area contributed by atoms with Crippen LogP contribution in [-0.2, 0) is 9.47 Å². The van der Waals surface area contributed by atoms with E-state index in [9.17, 15) is 5.11 Å². The number of ether oxygens (including phenoxy) is 2. The number of aliphatic hydroxyl groups excluding tert-OH is 1. The predicted octanol–water partition coefficient (Wildman–Crippen LogP) is 1.13. The van der Waals surface area contributed by atoms with E-state index in [1.54, 1.807) is 7.11 Å². The Kier molecular flexibility index (Phi) is 5.38. The van der Waals surface area contributed by atoms with Crippen molar-refractivity contribution in [3.05, 3.63) is 0 Å². The molecule has 0 aromatic rings. The van der Waals surface area contributed by atoms with Gasteiger partial charge in [0.25, 0.3) is 0 Å². The van der Waals surface area contributed by atoms with Gasteiger partial charge in [-0.2, -0.15) is 0 Å². The van der Waals surface area contributed by atoms with Gasteiger partial charge in [-0.25, -0.2) is 0 Å². The molecule has 0 spiro atoms. The molecule has 0 radical (unpaired) electrons. The molecule has 4 nitrogen and oxygen atoms in total. The fraction of sp³-hybridized carbons (Fsp3) is 1.00. The molecule has 1 saturated carbocycles. The van der Waals surface area contributed by atoms with E-state index in [2.05, 4.69) is 25.8 Å². The number of hydrogen-bond donors (Lipinski definition) is 1. The number of likely N-dealkylation sites (N-methyl/N-ethyl adjacent to an activating group) is 1. The molecule has 102 valence electrons. The summed E-state index contributed by atoms with van der Waals surface area (Å²) in [6, 6.07) is 0.477. The Hall–Kier alpha value is -0.160. The highest BCUT2D eigenvalue weighted by molar-refractivity contribution is 5.03. The van der Waals surface area contributed by atoms with Gasteiger partial charge < -0.3 is 19.5 Å². The minimum Gasteiger partial charge on any atom is -0.389 e. The zero-order chi connectivity index (χ0) is 13.1. The highest BCUT2D eigenvalue weighted by atomic mass is 16.5. The first-order valence-electron chi connectivity index (χ1n) is 6.42. The van der Waals surface area contributed by atoms with Gasteiger partial charge in [-0.3, -0.25) is 0 Å². The molecule has 1 fully saturated rings. The maximum absolute atomic E-state index is 9.73. The maximum atomic E-state index is 9.73. The van der Waals surface area contributed by atoms with Crippen LogP contribution in [0.5, 0.6) is 0 Å². The van der Waals surface area contributed by atoms with Crippen LogP contribution in [-0.4, -0.2) is 62.2 Å². The minimum absolute atomic E-state index is 0.164. The Balaban J connectivity index is 2.42. The first-order chi connectivity index (χ1) is 7.93. The third-order valence-electron chi connectivity index (χ3n) is 3.88. The number of methoxy groups -OCH3 is 1. The van der Waals surface area contributed by atoms with Crippen molar-refractivity contribution in [3.63, 3.8) is 0 Å². The Labute approximate surface area is 105 Å². The molecular weight excluding hydrogens is 218 g/mol. The van der Waals surface area contributed by atoms with Crippen molar-refractivity contribution in [1.29, 1.82) is 0 Å². The SMILES string of the molecule is CCO[C@@H]1C[C@H](N(C)C[C@@H](O)COC)C1(C)C. The minimum atomic E-state index is -0.410. The highest BCUT2D eigenvalue weighted by Gasteiger charge is 2.50. The lowest BCUT2D eigenvalue weighted by molar-refractivity contribution is -0.150. The molecule has 1 rings (SSSR count). The van der Waals surface area contributed by atoms with Gasteiger partial charge in [-0.1, -0.05) is 13.8 Å². The van der Waals surface area contributed by atoms with Crippen molar-refractivity contribution in [1.82, 2.24) is 4.90 Å². The Morgan fingerprint density at radius 3 is 2.59 bits per heavy atom. The van der Waals surface area contributed by atoms with Crippen molar-refractivity contribution < 1.29 is 14.6 Å². The number of hydrogen-bond acceptors (Lipinski definition) is 4. The van der Waals surface area contributed by atoms with E-state index in [-0.39, 0.29) is 5.41 Å². The van der Waals surface area contributed by atoms with Crippen LogP contribution in [0, 0.1) is 5.41 Å². The van der Waals surface area contributed by atoms with E-state index in [0.717, 1.165) is 13.0 Å². The number of aliphatic hydroxyl groups is 1. The maximum Gasteiger partial charge on any atom is 0.0900 e. The Bertz CT molecular complexity index is 233. The summed E-state index contributed by atoms with van der Waals surface area (Å²) < 4.78 is 10.7. The summed E-state index contributed by atoms with van der Waals surface area (Å²) in [5.74, 6) is 0. The lowest BCUT2D eigenvalue weighted by Crippen LogP contribution is -2.62. The summed E-state index contributed by atoms with van der Waals surface area (Å²) in [4.78, 5) is 2.22. The van der Waals surface area contributed by atoms with Gasteiger partial charge in [-0.15, -0.1) is 0 Å². The second-order valence-electron chi connectivity index (χ2n) is 5.57. The van der Waals surface area contributed by atoms with Crippen molar-refractivity contribution in [2.24, 2.45) is 5.41 Å². The van der Waals surface area contributed by atoms with Crippen molar-refractivity contribution in [2.45, 2.75) is 45.4 Å². The van der Waals surface area contributed by atoms with Gasteiger partial charge in [0.15, 0.2) is 0 Å². The monoisotopic (exact) mass is 245 g/mol. The molecule has 0 saturated heterocycles. The third kappa shape index (κ3) is 3.41. The molecule has 17 heavy (non-hydrogen) atoms. The first-order valence-corrected chi connectivity index (χ1v) is 6.42. The molecule has 4 heteroatoms. The number of rotatable bonds is 7. The van der Waals surface area contributed by atoms with Gasteiger partial charge in [0.2, 0.25) is 0 Å². The Morgan fingerprint density at radius 2 is 2.12 bits per heavy atom. The average molecular weight is 245 g/mol. The standard InChI is InChI=1S/C13H27NO3/c1-6-17-12-7-11(13(12,2)3)14(4)8-10(15)9-16-5/h10-12,15H,6-9H2,1-5H3/t10-,11+,12-/m1/s1. The van der Waals surface area contributed by atoms with Crippen LogP contribution in [0.2, 0.25) is 0 Å². The normalized spacial score (nSPS) is 29.1. The van der Waals surface area contributed by atoms with E-state index < -0.39 is 6.10 Å². The van der Waals surface area contributed by atoms with Crippen LogP contribution in [0.1, 0.15) is 27.2 Å². The molecule has 0 aromatic heterocycles. The van der Waals surface area contributed by atoms with Crippen molar-refractivity contribution in [2.75, 3.05) is 33.9 Å². The van der Waals surface area contributed by atoms with E-state index in [4.69, 9.17) is 9.47 Å². The summed E-state index contributed by atoms with van der Waals surface area (Å²) in [6.45, 7) is 8.33. The van der Waals surface area contributed by atoms with Gasteiger partial charge in [0, 0.05) is 31.7 Å². The molecule has 3 atom stereocenters. The molecule has 1 aliphatic carbocycles. The summed E-state index contributed by atoms with van der Waals surface area (Å²) >= 11 is 0. The van der Waals surface area contributed by atoms with Crippen LogP contribution in [0.4, 0.5) is 0 Å². The van der Waals surface area contributed by atoms with E-state index >= 15 is 0 Å². The third-order valence-corrected chi connectivity index (χ3v) is 3.88. The zero-order valence-corrected chi connectivity index (χ0v) is 11.8. The molecule has 0 bridgehead atoms. The van der Waals surface area contributed by atoms with Gasteiger partial charge in [0.1, 0.15) is 0 Å². The lowest BCUT2D eigenvalue weighted by Gasteiger charge is -2.55. The second kappa shape index (κ2) is 6.14. The highest BCUT2D eigenvalue weighted by Crippen LogP contribution is 2.45. The van der Waals surface area contributed by atoms with Crippen LogP contribution in [0.15, 0.2) is 0 Å².